The maximum Gasteiger partial charge on any atom is 0.416 e. The third kappa shape index (κ3) is 3.57. The van der Waals surface area contributed by atoms with Crippen LogP contribution in [-0.4, -0.2) is 17.7 Å². The highest BCUT2D eigenvalue weighted by Gasteiger charge is 2.31. The molecule has 27 heavy (non-hydrogen) atoms. The van der Waals surface area contributed by atoms with E-state index in [2.05, 4.69) is 29.2 Å². The first-order valence-electron chi connectivity index (χ1n) is 8.72. The van der Waals surface area contributed by atoms with E-state index in [0.29, 0.717) is 12.3 Å². The Labute approximate surface area is 155 Å². The molecule has 3 aromatic rings. The zero-order valence-corrected chi connectivity index (χ0v) is 14.8. The molecule has 0 amide bonds. The molecule has 1 aliphatic heterocycles. The topological polar surface area (TPSA) is 17.4 Å². The molecule has 6 heteroatoms. The molecule has 0 aliphatic carbocycles. The van der Waals surface area contributed by atoms with E-state index in [1.165, 1.54) is 11.6 Å². The van der Waals surface area contributed by atoms with Crippen LogP contribution in [0.15, 0.2) is 67.0 Å². The zero-order valence-electron chi connectivity index (χ0n) is 14.8. The molecule has 1 aliphatic rings. The van der Waals surface area contributed by atoms with Gasteiger partial charge in [-0.1, -0.05) is 23.8 Å². The molecule has 2 aromatic carbocycles. The second-order valence-corrected chi connectivity index (χ2v) is 6.65. The van der Waals surface area contributed by atoms with E-state index >= 15 is 0 Å². The number of halogens is 3. The van der Waals surface area contributed by atoms with E-state index in [9.17, 15) is 13.2 Å². The monoisotopic (exact) mass is 372 g/mol. The van der Waals surface area contributed by atoms with Crippen molar-refractivity contribution >= 4 is 5.69 Å². The summed E-state index contributed by atoms with van der Waals surface area (Å²) >= 11 is 0. The number of aromatic nitrogens is 1. The lowest BCUT2D eigenvalue weighted by atomic mass is 10.2. The number of anilines is 1. The van der Waals surface area contributed by atoms with Crippen LogP contribution in [0, 0.1) is 6.92 Å². The maximum atomic E-state index is 13.0. The summed E-state index contributed by atoms with van der Waals surface area (Å²) in [6.45, 7) is 3.41. The Hall–Kier alpha value is -2.73. The normalized spacial score (nSPS) is 17.5. The molecule has 0 bridgehead atoms. The maximum absolute atomic E-state index is 13.0. The van der Waals surface area contributed by atoms with Crippen LogP contribution in [0.1, 0.15) is 22.9 Å². The van der Waals surface area contributed by atoms with Gasteiger partial charge >= 0.3 is 6.18 Å². The molecule has 1 saturated heterocycles. The third-order valence-corrected chi connectivity index (χ3v) is 4.73. The Kier molecular flexibility index (Phi) is 4.44. The Morgan fingerprint density at radius 2 is 1.78 bits per heavy atom. The van der Waals surface area contributed by atoms with Crippen LogP contribution >= 0.6 is 0 Å². The standard InChI is InChI=1S/C21H19F3N2O/c1-15-5-7-18(8-6-15)26-11-12-27-20(26)16-9-10-25(14-16)19-4-2-3-17(13-19)21(22,23)24/h2-10,13-14,20H,11-12H2,1H3. The molecule has 2 heterocycles. The fourth-order valence-corrected chi connectivity index (χ4v) is 3.31. The Bertz CT molecular complexity index is 931. The predicted molar refractivity (Wildman–Crippen MR) is 98.0 cm³/mol. The van der Waals surface area contributed by atoms with Gasteiger partial charge in [0.05, 0.1) is 12.2 Å². The third-order valence-electron chi connectivity index (χ3n) is 4.73. The van der Waals surface area contributed by atoms with Gasteiger partial charge in [-0.25, -0.2) is 0 Å². The van der Waals surface area contributed by atoms with E-state index < -0.39 is 11.7 Å². The summed E-state index contributed by atoms with van der Waals surface area (Å²) in [4.78, 5) is 2.16. The molecule has 3 nitrogen and oxygen atoms in total. The highest BCUT2D eigenvalue weighted by atomic mass is 19.4. The number of hydrogen-bond donors (Lipinski definition) is 0. The number of hydrogen-bond acceptors (Lipinski definition) is 2. The summed E-state index contributed by atoms with van der Waals surface area (Å²) in [5.74, 6) is 0. The molecule has 1 atom stereocenters. The van der Waals surface area contributed by atoms with Gasteiger partial charge in [0.1, 0.15) is 0 Å². The summed E-state index contributed by atoms with van der Waals surface area (Å²) in [6, 6.07) is 15.4. The van der Waals surface area contributed by atoms with Crippen molar-refractivity contribution in [1.82, 2.24) is 4.57 Å². The van der Waals surface area contributed by atoms with Gasteiger partial charge in [-0.2, -0.15) is 13.2 Å². The predicted octanol–water partition coefficient (Wildman–Crippen LogP) is 5.34. The number of benzene rings is 2. The average Bonchev–Trinajstić information content (AvgIpc) is 3.31. The number of alkyl halides is 3. The lowest BCUT2D eigenvalue weighted by Gasteiger charge is -2.24. The first kappa shape index (κ1) is 17.7. The number of ether oxygens (including phenoxy) is 1. The van der Waals surface area contributed by atoms with Gasteiger partial charge in [0.2, 0.25) is 0 Å². The molecule has 1 aromatic heterocycles. The zero-order chi connectivity index (χ0) is 19.0. The van der Waals surface area contributed by atoms with E-state index in [-0.39, 0.29) is 6.23 Å². The number of aryl methyl sites for hydroxylation is 1. The van der Waals surface area contributed by atoms with E-state index in [4.69, 9.17) is 4.74 Å². The molecule has 0 saturated carbocycles. The second-order valence-electron chi connectivity index (χ2n) is 6.65. The minimum atomic E-state index is -4.36. The van der Waals surface area contributed by atoms with Crippen molar-refractivity contribution < 1.29 is 17.9 Å². The van der Waals surface area contributed by atoms with Crippen LogP contribution in [0.2, 0.25) is 0 Å². The van der Waals surface area contributed by atoms with E-state index in [0.717, 1.165) is 29.9 Å². The molecular formula is C21H19F3N2O. The van der Waals surface area contributed by atoms with Gasteiger partial charge in [-0.15, -0.1) is 0 Å². The quantitative estimate of drug-likeness (QED) is 0.617. The van der Waals surface area contributed by atoms with Crippen molar-refractivity contribution in [3.63, 3.8) is 0 Å². The van der Waals surface area contributed by atoms with Gasteiger partial charge < -0.3 is 14.2 Å². The van der Waals surface area contributed by atoms with Gasteiger partial charge in [0, 0.05) is 35.9 Å². The minimum Gasteiger partial charge on any atom is -0.352 e. The number of rotatable bonds is 3. The lowest BCUT2D eigenvalue weighted by molar-refractivity contribution is -0.137. The van der Waals surface area contributed by atoms with Crippen LogP contribution in [0.4, 0.5) is 18.9 Å². The van der Waals surface area contributed by atoms with Gasteiger partial charge in [0.15, 0.2) is 6.23 Å². The first-order chi connectivity index (χ1) is 12.9. The Morgan fingerprint density at radius 3 is 2.52 bits per heavy atom. The van der Waals surface area contributed by atoms with Crippen LogP contribution in [0.3, 0.4) is 0 Å². The van der Waals surface area contributed by atoms with Gasteiger partial charge in [-0.3, -0.25) is 0 Å². The highest BCUT2D eigenvalue weighted by molar-refractivity contribution is 5.50. The fourth-order valence-electron chi connectivity index (χ4n) is 3.31. The molecule has 0 N–H and O–H groups in total. The Morgan fingerprint density at radius 1 is 1.00 bits per heavy atom. The molecule has 1 fully saturated rings. The highest BCUT2D eigenvalue weighted by Crippen LogP contribution is 2.34. The summed E-state index contributed by atoms with van der Waals surface area (Å²) in [7, 11) is 0. The Balaban J connectivity index is 1.61. The van der Waals surface area contributed by atoms with Crippen molar-refractivity contribution in [3.05, 3.63) is 83.7 Å². The summed E-state index contributed by atoms with van der Waals surface area (Å²) in [5, 5.41) is 0. The minimum absolute atomic E-state index is 0.250. The molecule has 140 valence electrons. The molecule has 0 radical (unpaired) electrons. The first-order valence-corrected chi connectivity index (χ1v) is 8.72. The van der Waals surface area contributed by atoms with E-state index in [1.807, 2.05) is 19.2 Å². The molecule has 0 spiro atoms. The SMILES string of the molecule is Cc1ccc(N2CCOC2c2ccn(-c3cccc(C(F)(F)F)c3)c2)cc1. The summed E-state index contributed by atoms with van der Waals surface area (Å²) in [6.07, 6.45) is -1.02. The van der Waals surface area contributed by atoms with Crippen LogP contribution in [0.5, 0.6) is 0 Å². The van der Waals surface area contributed by atoms with Crippen LogP contribution in [0.25, 0.3) is 5.69 Å². The van der Waals surface area contributed by atoms with Gasteiger partial charge in [-0.05, 0) is 43.3 Å². The van der Waals surface area contributed by atoms with Gasteiger partial charge in [0.25, 0.3) is 0 Å². The lowest BCUT2D eigenvalue weighted by Crippen LogP contribution is -2.22. The smallest absolute Gasteiger partial charge is 0.352 e. The van der Waals surface area contributed by atoms with Crippen molar-refractivity contribution in [2.75, 3.05) is 18.1 Å². The summed E-state index contributed by atoms with van der Waals surface area (Å²) < 4.78 is 46.5. The summed E-state index contributed by atoms with van der Waals surface area (Å²) in [5.41, 5.74) is 2.97. The fraction of sp³-hybridized carbons (Fsp3) is 0.238. The second kappa shape index (κ2) is 6.78. The average molecular weight is 372 g/mol. The van der Waals surface area contributed by atoms with Crippen LogP contribution < -0.4 is 4.90 Å². The van der Waals surface area contributed by atoms with Crippen molar-refractivity contribution in [3.8, 4) is 5.69 Å². The van der Waals surface area contributed by atoms with Crippen molar-refractivity contribution in [2.24, 2.45) is 0 Å². The largest absolute Gasteiger partial charge is 0.416 e. The van der Waals surface area contributed by atoms with E-state index in [1.54, 1.807) is 16.8 Å². The molecule has 4 rings (SSSR count). The molecular weight excluding hydrogens is 353 g/mol. The molecule has 1 unspecified atom stereocenters. The van der Waals surface area contributed by atoms with Crippen molar-refractivity contribution in [1.29, 1.82) is 0 Å². The number of nitrogens with zero attached hydrogens (tertiary/aromatic N) is 2. The van der Waals surface area contributed by atoms with Crippen LogP contribution in [-0.2, 0) is 10.9 Å². The van der Waals surface area contributed by atoms with Crippen molar-refractivity contribution in [2.45, 2.75) is 19.3 Å².